The average Bonchev–Trinajstić information content (AvgIpc) is 3.25. The molecule has 9 nitrogen and oxygen atoms in total. The lowest BCUT2D eigenvalue weighted by Gasteiger charge is -2.36. The minimum atomic E-state index is -0.409. The minimum Gasteiger partial charge on any atom is -0.459 e. The van der Waals surface area contributed by atoms with Crippen molar-refractivity contribution in [2.75, 3.05) is 45.9 Å². The molecule has 2 amide bonds. The molecular formula is C21H36IN5O4. The Morgan fingerprint density at radius 2 is 1.87 bits per heavy atom. The summed E-state index contributed by atoms with van der Waals surface area (Å²) in [6, 6.07) is 3.31. The number of alkyl carbamates (subject to hydrolysis) is 1. The molecular weight excluding hydrogens is 513 g/mol. The van der Waals surface area contributed by atoms with Gasteiger partial charge >= 0.3 is 6.09 Å². The fourth-order valence-corrected chi connectivity index (χ4v) is 3.39. The van der Waals surface area contributed by atoms with Gasteiger partial charge in [-0.25, -0.2) is 4.79 Å². The molecule has 0 radical (unpaired) electrons. The van der Waals surface area contributed by atoms with E-state index in [9.17, 15) is 9.59 Å². The number of guanidine groups is 1. The maximum atomic E-state index is 12.5. The van der Waals surface area contributed by atoms with Gasteiger partial charge in [0.1, 0.15) is 0 Å². The monoisotopic (exact) mass is 549 g/mol. The van der Waals surface area contributed by atoms with E-state index in [4.69, 9.17) is 14.1 Å². The first-order valence-corrected chi connectivity index (χ1v) is 10.7. The smallest absolute Gasteiger partial charge is 0.407 e. The van der Waals surface area contributed by atoms with E-state index in [0.29, 0.717) is 51.0 Å². The first-order chi connectivity index (χ1) is 14.4. The number of carbonyl (C=O) groups excluding carboxylic acids is 2. The zero-order valence-corrected chi connectivity index (χ0v) is 21.3. The molecule has 1 fully saturated rings. The number of ether oxygens (including phenoxy) is 1. The van der Waals surface area contributed by atoms with Crippen molar-refractivity contribution < 1.29 is 18.7 Å². The summed E-state index contributed by atoms with van der Waals surface area (Å²) in [5.41, 5.74) is 0. The lowest BCUT2D eigenvalue weighted by atomic mass is 10.0. The Morgan fingerprint density at radius 3 is 2.42 bits per heavy atom. The highest BCUT2D eigenvalue weighted by Gasteiger charge is 2.25. The van der Waals surface area contributed by atoms with Crippen LogP contribution in [0, 0.1) is 5.92 Å². The van der Waals surface area contributed by atoms with Gasteiger partial charge in [0.2, 0.25) is 0 Å². The number of nitrogens with zero attached hydrogens (tertiary/aromatic N) is 3. The second-order valence-electron chi connectivity index (χ2n) is 7.64. The Hall–Kier alpha value is -1.98. The van der Waals surface area contributed by atoms with E-state index in [1.54, 1.807) is 24.0 Å². The molecule has 10 heteroatoms. The van der Waals surface area contributed by atoms with Crippen LogP contribution in [-0.4, -0.2) is 79.7 Å². The van der Waals surface area contributed by atoms with E-state index >= 15 is 0 Å². The molecule has 0 spiro atoms. The lowest BCUT2D eigenvalue weighted by Crippen LogP contribution is -2.54. The summed E-state index contributed by atoms with van der Waals surface area (Å²) in [7, 11) is 0. The van der Waals surface area contributed by atoms with Crippen molar-refractivity contribution in [3.05, 3.63) is 24.2 Å². The fourth-order valence-electron chi connectivity index (χ4n) is 3.39. The number of furan rings is 1. The van der Waals surface area contributed by atoms with E-state index in [-0.39, 0.29) is 35.9 Å². The summed E-state index contributed by atoms with van der Waals surface area (Å²) in [6.07, 6.45) is 1.91. The average molecular weight is 549 g/mol. The molecule has 0 saturated carbocycles. The summed E-state index contributed by atoms with van der Waals surface area (Å²) in [6.45, 7) is 12.1. The topological polar surface area (TPSA) is 99.4 Å². The van der Waals surface area contributed by atoms with Crippen molar-refractivity contribution in [1.82, 2.24) is 20.4 Å². The van der Waals surface area contributed by atoms with Gasteiger partial charge in [0.15, 0.2) is 11.7 Å². The van der Waals surface area contributed by atoms with Crippen molar-refractivity contribution in [2.45, 2.75) is 40.2 Å². The second-order valence-corrected chi connectivity index (χ2v) is 7.64. The summed E-state index contributed by atoms with van der Waals surface area (Å²) in [4.78, 5) is 33.0. The first-order valence-electron chi connectivity index (χ1n) is 10.7. The molecule has 1 aliphatic rings. The molecule has 0 bridgehead atoms. The predicted molar refractivity (Wildman–Crippen MR) is 131 cm³/mol. The number of halogens is 1. The largest absolute Gasteiger partial charge is 0.459 e. The molecule has 1 unspecified atom stereocenters. The highest BCUT2D eigenvalue weighted by atomic mass is 127. The highest BCUT2D eigenvalue weighted by molar-refractivity contribution is 14.0. The Balaban J connectivity index is 0.00000480. The number of amides is 2. The summed E-state index contributed by atoms with van der Waals surface area (Å²) < 4.78 is 10.2. The van der Waals surface area contributed by atoms with Gasteiger partial charge in [0.05, 0.1) is 25.5 Å². The van der Waals surface area contributed by atoms with Gasteiger partial charge in [-0.05, 0) is 38.3 Å². The van der Waals surface area contributed by atoms with Crippen LogP contribution in [0.3, 0.4) is 0 Å². The number of piperazine rings is 1. The molecule has 176 valence electrons. The van der Waals surface area contributed by atoms with E-state index < -0.39 is 6.09 Å². The van der Waals surface area contributed by atoms with Crippen LogP contribution in [0.25, 0.3) is 0 Å². The lowest BCUT2D eigenvalue weighted by molar-refractivity contribution is 0.0657. The summed E-state index contributed by atoms with van der Waals surface area (Å²) >= 11 is 0. The molecule has 0 aromatic carbocycles. The van der Waals surface area contributed by atoms with Crippen LogP contribution >= 0.6 is 24.0 Å². The Morgan fingerprint density at radius 1 is 1.19 bits per heavy atom. The van der Waals surface area contributed by atoms with Crippen molar-refractivity contribution in [2.24, 2.45) is 10.9 Å². The third kappa shape index (κ3) is 8.96. The van der Waals surface area contributed by atoms with Gasteiger partial charge in [0, 0.05) is 32.7 Å². The van der Waals surface area contributed by atoms with Crippen LogP contribution in [0.15, 0.2) is 27.8 Å². The van der Waals surface area contributed by atoms with Crippen molar-refractivity contribution in [3.8, 4) is 0 Å². The third-order valence-electron chi connectivity index (χ3n) is 4.75. The van der Waals surface area contributed by atoms with Crippen molar-refractivity contribution >= 4 is 41.9 Å². The Kier molecular flexibility index (Phi) is 12.4. The molecule has 2 rings (SSSR count). The van der Waals surface area contributed by atoms with E-state index in [1.807, 2.05) is 6.92 Å². The van der Waals surface area contributed by atoms with Crippen LogP contribution in [0.1, 0.15) is 44.7 Å². The van der Waals surface area contributed by atoms with Crippen LogP contribution in [-0.2, 0) is 4.74 Å². The number of rotatable bonds is 8. The van der Waals surface area contributed by atoms with E-state index in [2.05, 4.69) is 29.4 Å². The normalized spacial score (nSPS) is 15.3. The molecule has 1 atom stereocenters. The van der Waals surface area contributed by atoms with Crippen LogP contribution in [0.4, 0.5) is 4.79 Å². The molecule has 1 aromatic heterocycles. The van der Waals surface area contributed by atoms with Gasteiger partial charge in [-0.3, -0.25) is 9.79 Å². The quantitative estimate of drug-likeness (QED) is 0.294. The van der Waals surface area contributed by atoms with Crippen LogP contribution in [0.2, 0.25) is 0 Å². The molecule has 2 N–H and O–H groups in total. The standard InChI is InChI=1S/C21H35N5O4.HI/c1-5-22-20(23-15-17(14-16(3)4)24-21(28)29-6-2)26-11-9-25(10-12-26)19(27)18-8-7-13-30-18;/h7-8,13,16-17H,5-6,9-12,14-15H2,1-4H3,(H,22,23)(H,24,28);1H. The number of aliphatic imine (C=N–C) groups is 1. The maximum absolute atomic E-state index is 12.5. The van der Waals surface area contributed by atoms with E-state index in [1.165, 1.54) is 6.26 Å². The number of hydrogen-bond donors (Lipinski definition) is 2. The minimum absolute atomic E-state index is 0. The first kappa shape index (κ1) is 27.1. The fraction of sp³-hybridized carbons (Fsp3) is 0.667. The predicted octanol–water partition coefficient (Wildman–Crippen LogP) is 2.78. The number of carbonyl (C=O) groups is 2. The third-order valence-corrected chi connectivity index (χ3v) is 4.75. The van der Waals surface area contributed by atoms with Crippen molar-refractivity contribution in [1.29, 1.82) is 0 Å². The zero-order valence-electron chi connectivity index (χ0n) is 18.9. The second kappa shape index (κ2) is 14.2. The number of hydrogen-bond acceptors (Lipinski definition) is 5. The highest BCUT2D eigenvalue weighted by Crippen LogP contribution is 2.10. The van der Waals surface area contributed by atoms with Crippen molar-refractivity contribution in [3.63, 3.8) is 0 Å². The molecule has 1 aromatic rings. The van der Waals surface area contributed by atoms with E-state index in [0.717, 1.165) is 18.9 Å². The summed E-state index contributed by atoms with van der Waals surface area (Å²) in [5.74, 6) is 1.50. The van der Waals surface area contributed by atoms with Crippen LogP contribution in [0.5, 0.6) is 0 Å². The Bertz CT molecular complexity index is 688. The Labute approximate surface area is 202 Å². The van der Waals surface area contributed by atoms with Gasteiger partial charge in [-0.2, -0.15) is 0 Å². The SMILES string of the molecule is CCNC(=NCC(CC(C)C)NC(=O)OCC)N1CCN(C(=O)c2ccco2)CC1.I. The van der Waals surface area contributed by atoms with Gasteiger partial charge in [-0.15, -0.1) is 24.0 Å². The summed E-state index contributed by atoms with van der Waals surface area (Å²) in [5, 5.41) is 6.23. The molecule has 2 heterocycles. The molecule has 1 aliphatic heterocycles. The number of nitrogens with one attached hydrogen (secondary N) is 2. The molecule has 1 saturated heterocycles. The van der Waals surface area contributed by atoms with Gasteiger partial charge < -0.3 is 29.6 Å². The maximum Gasteiger partial charge on any atom is 0.407 e. The molecule has 0 aliphatic carbocycles. The van der Waals surface area contributed by atoms with Gasteiger partial charge in [0.25, 0.3) is 5.91 Å². The zero-order chi connectivity index (χ0) is 21.9. The van der Waals surface area contributed by atoms with Crippen LogP contribution < -0.4 is 10.6 Å². The van der Waals surface area contributed by atoms with Gasteiger partial charge in [-0.1, -0.05) is 13.8 Å². The molecule has 31 heavy (non-hydrogen) atoms.